The number of benzene rings is 2. The number of carbonyl (C=O) groups is 2. The van der Waals surface area contributed by atoms with E-state index in [9.17, 15) is 14.0 Å². The molecule has 2 rings (SSSR count). The standard InChI is InChI=1S/C24H30ClFN2O3S/c1-5-22(24(30)27-16(2)3)28(13-17-9-11-18(31-4)12-10-17)23(29)15-32-14-19-20(25)7-6-8-21(19)26/h6-12,16,22H,5,13-15H2,1-4H3,(H,27,30). The summed E-state index contributed by atoms with van der Waals surface area (Å²) in [6.45, 7) is 5.93. The van der Waals surface area contributed by atoms with Crippen LogP contribution in [-0.4, -0.2) is 41.7 Å². The van der Waals surface area contributed by atoms with Crippen molar-refractivity contribution in [3.8, 4) is 5.75 Å². The summed E-state index contributed by atoms with van der Waals surface area (Å²) in [5.41, 5.74) is 1.26. The molecule has 0 fully saturated rings. The number of thioether (sulfide) groups is 1. The fraction of sp³-hybridized carbons (Fsp3) is 0.417. The van der Waals surface area contributed by atoms with Crippen molar-refractivity contribution in [2.45, 2.75) is 51.6 Å². The molecule has 2 aromatic rings. The lowest BCUT2D eigenvalue weighted by Gasteiger charge is -2.31. The summed E-state index contributed by atoms with van der Waals surface area (Å²) < 4.78 is 19.2. The number of nitrogens with one attached hydrogen (secondary N) is 1. The Kier molecular flexibility index (Phi) is 10.3. The van der Waals surface area contributed by atoms with E-state index in [0.29, 0.717) is 22.8 Å². The number of halogens is 2. The predicted molar refractivity (Wildman–Crippen MR) is 128 cm³/mol. The number of nitrogens with zero attached hydrogens (tertiary/aromatic N) is 1. The van der Waals surface area contributed by atoms with Crippen LogP contribution in [0.3, 0.4) is 0 Å². The fourth-order valence-corrected chi connectivity index (χ4v) is 4.47. The molecular weight excluding hydrogens is 451 g/mol. The number of ether oxygens (including phenoxy) is 1. The third-order valence-electron chi connectivity index (χ3n) is 4.86. The van der Waals surface area contributed by atoms with Crippen molar-refractivity contribution in [3.05, 3.63) is 64.4 Å². The maximum absolute atomic E-state index is 14.0. The van der Waals surface area contributed by atoms with Crippen LogP contribution < -0.4 is 10.1 Å². The molecule has 0 heterocycles. The Labute approximate surface area is 198 Å². The number of hydrogen-bond donors (Lipinski definition) is 1. The highest BCUT2D eigenvalue weighted by Gasteiger charge is 2.29. The predicted octanol–water partition coefficient (Wildman–Crippen LogP) is 5.05. The van der Waals surface area contributed by atoms with Crippen LogP contribution in [0, 0.1) is 5.82 Å². The van der Waals surface area contributed by atoms with Gasteiger partial charge in [-0.3, -0.25) is 9.59 Å². The molecule has 174 valence electrons. The van der Waals surface area contributed by atoms with Gasteiger partial charge in [-0.15, -0.1) is 11.8 Å². The van der Waals surface area contributed by atoms with Gasteiger partial charge in [0.05, 0.1) is 12.9 Å². The first kappa shape index (κ1) is 26.0. The quantitative estimate of drug-likeness (QED) is 0.488. The van der Waals surface area contributed by atoms with Gasteiger partial charge in [-0.25, -0.2) is 4.39 Å². The maximum Gasteiger partial charge on any atom is 0.243 e. The van der Waals surface area contributed by atoms with Crippen molar-refractivity contribution in [1.29, 1.82) is 0 Å². The summed E-state index contributed by atoms with van der Waals surface area (Å²) in [6.07, 6.45) is 0.476. The maximum atomic E-state index is 14.0. The van der Waals surface area contributed by atoms with Crippen molar-refractivity contribution in [2.75, 3.05) is 12.9 Å². The first-order chi connectivity index (χ1) is 15.3. The number of methoxy groups -OCH3 is 1. The molecule has 0 saturated carbocycles. The van der Waals surface area contributed by atoms with Gasteiger partial charge in [-0.05, 0) is 50.1 Å². The molecule has 0 aliphatic heterocycles. The van der Waals surface area contributed by atoms with E-state index in [-0.39, 0.29) is 35.9 Å². The van der Waals surface area contributed by atoms with Crippen LogP contribution >= 0.6 is 23.4 Å². The van der Waals surface area contributed by atoms with Gasteiger partial charge < -0.3 is 15.0 Å². The normalized spacial score (nSPS) is 11.8. The third kappa shape index (κ3) is 7.41. The first-order valence-corrected chi connectivity index (χ1v) is 12.0. The average Bonchev–Trinajstić information content (AvgIpc) is 2.75. The molecule has 0 aromatic heterocycles. The fourth-order valence-electron chi connectivity index (χ4n) is 3.22. The first-order valence-electron chi connectivity index (χ1n) is 10.5. The van der Waals surface area contributed by atoms with Gasteiger partial charge in [-0.2, -0.15) is 0 Å². The molecule has 32 heavy (non-hydrogen) atoms. The summed E-state index contributed by atoms with van der Waals surface area (Å²) in [4.78, 5) is 27.6. The summed E-state index contributed by atoms with van der Waals surface area (Å²) in [5.74, 6) is 0.314. The van der Waals surface area contributed by atoms with E-state index in [1.165, 1.54) is 17.8 Å². The van der Waals surface area contributed by atoms with Crippen molar-refractivity contribution < 1.29 is 18.7 Å². The highest BCUT2D eigenvalue weighted by molar-refractivity contribution is 7.99. The van der Waals surface area contributed by atoms with E-state index in [2.05, 4.69) is 5.32 Å². The Morgan fingerprint density at radius 2 is 1.88 bits per heavy atom. The Bertz CT molecular complexity index is 888. The molecule has 0 aliphatic rings. The smallest absolute Gasteiger partial charge is 0.243 e. The second-order valence-electron chi connectivity index (χ2n) is 7.65. The summed E-state index contributed by atoms with van der Waals surface area (Å²) in [5, 5.41) is 3.24. The summed E-state index contributed by atoms with van der Waals surface area (Å²) >= 11 is 7.36. The summed E-state index contributed by atoms with van der Waals surface area (Å²) in [7, 11) is 1.59. The molecule has 0 spiro atoms. The van der Waals surface area contributed by atoms with Gasteiger partial charge >= 0.3 is 0 Å². The lowest BCUT2D eigenvalue weighted by molar-refractivity contribution is -0.139. The minimum Gasteiger partial charge on any atom is -0.497 e. The van der Waals surface area contributed by atoms with Crippen LogP contribution in [0.4, 0.5) is 4.39 Å². The lowest BCUT2D eigenvalue weighted by atomic mass is 10.1. The highest BCUT2D eigenvalue weighted by Crippen LogP contribution is 2.25. The van der Waals surface area contributed by atoms with Crippen LogP contribution in [0.2, 0.25) is 5.02 Å². The van der Waals surface area contributed by atoms with Crippen LogP contribution in [0.25, 0.3) is 0 Å². The minimum atomic E-state index is -0.607. The average molecular weight is 481 g/mol. The van der Waals surface area contributed by atoms with E-state index < -0.39 is 11.9 Å². The highest BCUT2D eigenvalue weighted by atomic mass is 35.5. The zero-order valence-corrected chi connectivity index (χ0v) is 20.4. The molecule has 1 atom stereocenters. The van der Waals surface area contributed by atoms with Crippen molar-refractivity contribution >= 4 is 35.2 Å². The van der Waals surface area contributed by atoms with Gasteiger partial charge in [-0.1, -0.05) is 36.7 Å². The zero-order chi connectivity index (χ0) is 23.7. The van der Waals surface area contributed by atoms with E-state index in [1.807, 2.05) is 45.0 Å². The van der Waals surface area contributed by atoms with Crippen LogP contribution in [-0.2, 0) is 21.9 Å². The number of carbonyl (C=O) groups excluding carboxylic acids is 2. The molecule has 1 unspecified atom stereocenters. The second-order valence-corrected chi connectivity index (χ2v) is 9.04. The van der Waals surface area contributed by atoms with Crippen molar-refractivity contribution in [1.82, 2.24) is 10.2 Å². The molecule has 1 N–H and O–H groups in total. The largest absolute Gasteiger partial charge is 0.497 e. The molecule has 2 aromatic carbocycles. The lowest BCUT2D eigenvalue weighted by Crippen LogP contribution is -2.50. The number of amides is 2. The van der Waals surface area contributed by atoms with Gasteiger partial charge in [0.2, 0.25) is 11.8 Å². The Balaban J connectivity index is 2.17. The molecule has 2 amide bonds. The van der Waals surface area contributed by atoms with Gasteiger partial charge in [0, 0.05) is 28.9 Å². The van der Waals surface area contributed by atoms with E-state index in [0.717, 1.165) is 5.56 Å². The second kappa shape index (κ2) is 12.7. The molecule has 0 saturated heterocycles. The molecule has 5 nitrogen and oxygen atoms in total. The topological polar surface area (TPSA) is 58.6 Å². The van der Waals surface area contributed by atoms with Gasteiger partial charge in [0.15, 0.2) is 0 Å². The zero-order valence-electron chi connectivity index (χ0n) is 18.9. The van der Waals surface area contributed by atoms with E-state index in [4.69, 9.17) is 16.3 Å². The van der Waals surface area contributed by atoms with Gasteiger partial charge in [0.1, 0.15) is 17.6 Å². The Hall–Kier alpha value is -2.25. The monoisotopic (exact) mass is 480 g/mol. The van der Waals surface area contributed by atoms with Crippen LogP contribution in [0.1, 0.15) is 38.3 Å². The SMILES string of the molecule is CCC(C(=O)NC(C)C)N(Cc1ccc(OC)cc1)C(=O)CSCc1c(F)cccc1Cl. The number of hydrogen-bond acceptors (Lipinski definition) is 4. The Morgan fingerprint density at radius 1 is 1.19 bits per heavy atom. The van der Waals surface area contributed by atoms with Crippen LogP contribution in [0.5, 0.6) is 5.75 Å². The molecule has 8 heteroatoms. The van der Waals surface area contributed by atoms with Crippen molar-refractivity contribution in [2.24, 2.45) is 0 Å². The van der Waals surface area contributed by atoms with Crippen LogP contribution in [0.15, 0.2) is 42.5 Å². The molecule has 0 bridgehead atoms. The Morgan fingerprint density at radius 3 is 2.44 bits per heavy atom. The molecule has 0 radical (unpaired) electrons. The van der Waals surface area contributed by atoms with Gasteiger partial charge in [0.25, 0.3) is 0 Å². The molecule has 0 aliphatic carbocycles. The third-order valence-corrected chi connectivity index (χ3v) is 6.16. The van der Waals surface area contributed by atoms with E-state index >= 15 is 0 Å². The van der Waals surface area contributed by atoms with Crippen molar-refractivity contribution in [3.63, 3.8) is 0 Å². The summed E-state index contributed by atoms with van der Waals surface area (Å²) in [6, 6.07) is 11.3. The number of rotatable bonds is 11. The van der Waals surface area contributed by atoms with E-state index in [1.54, 1.807) is 24.1 Å². The minimum absolute atomic E-state index is 0.0351. The molecular formula is C24H30ClFN2O3S.